The van der Waals surface area contributed by atoms with Crippen molar-refractivity contribution in [2.24, 2.45) is 0 Å². The minimum atomic E-state index is -0.261. The van der Waals surface area contributed by atoms with Crippen molar-refractivity contribution in [2.75, 3.05) is 5.32 Å². The molecule has 0 bridgehead atoms. The molecule has 3 rings (SSSR count). The first kappa shape index (κ1) is 14.0. The third kappa shape index (κ3) is 2.88. The van der Waals surface area contributed by atoms with Crippen LogP contribution in [0.4, 0.5) is 5.69 Å². The van der Waals surface area contributed by atoms with Gasteiger partial charge in [-0.1, -0.05) is 43.3 Å². The second-order valence-corrected chi connectivity index (χ2v) is 4.82. The average molecular weight is 292 g/mol. The van der Waals surface area contributed by atoms with Gasteiger partial charge in [-0.3, -0.25) is 4.79 Å². The van der Waals surface area contributed by atoms with Crippen LogP contribution in [0.1, 0.15) is 23.0 Å². The summed E-state index contributed by atoms with van der Waals surface area (Å²) in [4.78, 5) is 13.7. The first-order valence-electron chi connectivity index (χ1n) is 7.15. The van der Waals surface area contributed by atoms with E-state index in [1.807, 2.05) is 54.6 Å². The predicted octanol–water partition coefficient (Wildman–Crippen LogP) is 3.08. The molecular weight excluding hydrogens is 276 g/mol. The Morgan fingerprint density at radius 2 is 1.82 bits per heavy atom. The van der Waals surface area contributed by atoms with Crippen molar-refractivity contribution < 1.29 is 4.79 Å². The van der Waals surface area contributed by atoms with Gasteiger partial charge in [-0.25, -0.2) is 0 Å². The van der Waals surface area contributed by atoms with E-state index < -0.39 is 0 Å². The van der Waals surface area contributed by atoms with Gasteiger partial charge in [0.1, 0.15) is 0 Å². The van der Waals surface area contributed by atoms with E-state index in [2.05, 4.69) is 22.4 Å². The fraction of sp³-hybridized carbons (Fsp3) is 0.118. The number of para-hydroxylation sites is 2. The molecule has 5 nitrogen and oxygen atoms in total. The lowest BCUT2D eigenvalue weighted by Gasteiger charge is -2.07. The molecule has 0 saturated heterocycles. The van der Waals surface area contributed by atoms with Crippen molar-refractivity contribution in [3.8, 4) is 5.69 Å². The third-order valence-electron chi connectivity index (χ3n) is 3.36. The van der Waals surface area contributed by atoms with Crippen LogP contribution in [0.25, 0.3) is 5.69 Å². The highest BCUT2D eigenvalue weighted by molar-refractivity contribution is 6.03. The van der Waals surface area contributed by atoms with Crippen LogP contribution in [0, 0.1) is 0 Å². The summed E-state index contributed by atoms with van der Waals surface area (Å²) in [5, 5.41) is 11.2. The molecular formula is C17H16N4O. The zero-order valence-electron chi connectivity index (χ0n) is 12.2. The van der Waals surface area contributed by atoms with Gasteiger partial charge in [-0.15, -0.1) is 5.10 Å². The van der Waals surface area contributed by atoms with Gasteiger partial charge in [0, 0.05) is 5.69 Å². The summed E-state index contributed by atoms with van der Waals surface area (Å²) < 4.78 is 0. The minimum Gasteiger partial charge on any atom is -0.320 e. The van der Waals surface area contributed by atoms with E-state index in [-0.39, 0.29) is 11.6 Å². The van der Waals surface area contributed by atoms with Gasteiger partial charge in [0.2, 0.25) is 0 Å². The highest BCUT2D eigenvalue weighted by Crippen LogP contribution is 2.16. The Labute approximate surface area is 128 Å². The Morgan fingerprint density at radius 3 is 2.59 bits per heavy atom. The van der Waals surface area contributed by atoms with Crippen molar-refractivity contribution in [2.45, 2.75) is 13.3 Å². The van der Waals surface area contributed by atoms with E-state index in [1.165, 1.54) is 11.0 Å². The van der Waals surface area contributed by atoms with E-state index in [4.69, 9.17) is 0 Å². The zero-order valence-corrected chi connectivity index (χ0v) is 12.2. The highest BCUT2D eigenvalue weighted by atomic mass is 16.2. The van der Waals surface area contributed by atoms with Gasteiger partial charge in [-0.05, 0) is 30.2 Å². The summed E-state index contributed by atoms with van der Waals surface area (Å²) in [5.74, 6) is -0.261. The molecule has 0 aliphatic carbocycles. The van der Waals surface area contributed by atoms with Crippen molar-refractivity contribution >= 4 is 11.6 Å². The van der Waals surface area contributed by atoms with Crippen LogP contribution >= 0.6 is 0 Å². The molecule has 0 saturated carbocycles. The summed E-state index contributed by atoms with van der Waals surface area (Å²) in [7, 11) is 0. The first-order chi connectivity index (χ1) is 10.8. The minimum absolute atomic E-state index is 0.261. The number of nitrogens with one attached hydrogen (secondary N) is 1. The fourth-order valence-corrected chi connectivity index (χ4v) is 2.19. The normalized spacial score (nSPS) is 10.4. The van der Waals surface area contributed by atoms with Gasteiger partial charge in [0.15, 0.2) is 5.69 Å². The number of amides is 1. The number of anilines is 1. The van der Waals surface area contributed by atoms with Crippen LogP contribution in [-0.2, 0) is 6.42 Å². The molecule has 1 N–H and O–H groups in total. The lowest BCUT2D eigenvalue weighted by Crippen LogP contribution is -2.14. The molecule has 1 amide bonds. The van der Waals surface area contributed by atoms with Crippen LogP contribution < -0.4 is 5.32 Å². The molecule has 0 unspecified atom stereocenters. The summed E-state index contributed by atoms with van der Waals surface area (Å²) in [6.45, 7) is 2.05. The summed E-state index contributed by atoms with van der Waals surface area (Å²) in [5.41, 5.74) is 3.00. The van der Waals surface area contributed by atoms with Crippen molar-refractivity contribution in [1.82, 2.24) is 15.0 Å². The number of hydrogen-bond acceptors (Lipinski definition) is 3. The van der Waals surface area contributed by atoms with Gasteiger partial charge < -0.3 is 5.32 Å². The molecule has 5 heteroatoms. The van der Waals surface area contributed by atoms with Crippen LogP contribution in [0.2, 0.25) is 0 Å². The smallest absolute Gasteiger partial charge is 0.277 e. The Morgan fingerprint density at radius 1 is 1.09 bits per heavy atom. The second-order valence-electron chi connectivity index (χ2n) is 4.82. The molecule has 0 fully saturated rings. The average Bonchev–Trinajstić information content (AvgIpc) is 3.06. The number of aromatic nitrogens is 3. The largest absolute Gasteiger partial charge is 0.320 e. The number of aryl methyl sites for hydroxylation is 1. The number of benzene rings is 2. The molecule has 0 aliphatic heterocycles. The maximum Gasteiger partial charge on any atom is 0.277 e. The first-order valence-corrected chi connectivity index (χ1v) is 7.15. The van der Waals surface area contributed by atoms with Crippen molar-refractivity contribution in [3.05, 3.63) is 72.1 Å². The lowest BCUT2D eigenvalue weighted by atomic mass is 10.1. The molecule has 0 radical (unpaired) electrons. The fourth-order valence-electron chi connectivity index (χ4n) is 2.19. The van der Waals surface area contributed by atoms with Crippen molar-refractivity contribution in [1.29, 1.82) is 0 Å². The topological polar surface area (TPSA) is 59.8 Å². The van der Waals surface area contributed by atoms with Gasteiger partial charge in [-0.2, -0.15) is 9.90 Å². The zero-order chi connectivity index (χ0) is 15.4. The molecule has 0 spiro atoms. The predicted molar refractivity (Wildman–Crippen MR) is 85.1 cm³/mol. The Kier molecular flexibility index (Phi) is 3.96. The molecule has 0 atom stereocenters. The molecule has 0 aliphatic rings. The Hall–Kier alpha value is -2.95. The maximum atomic E-state index is 12.3. The standard InChI is InChI=1S/C17H16N4O/c1-2-13-8-6-7-11-15(13)19-17(22)16-12-18-21(20-16)14-9-4-3-5-10-14/h3-12H,2H2,1H3,(H,19,22). The summed E-state index contributed by atoms with van der Waals surface area (Å²) in [6, 6.07) is 17.2. The highest BCUT2D eigenvalue weighted by Gasteiger charge is 2.12. The molecule has 3 aromatic rings. The third-order valence-corrected chi connectivity index (χ3v) is 3.36. The number of hydrogen-bond donors (Lipinski definition) is 1. The monoisotopic (exact) mass is 292 g/mol. The van der Waals surface area contributed by atoms with E-state index in [9.17, 15) is 4.79 Å². The van der Waals surface area contributed by atoms with E-state index in [1.54, 1.807) is 0 Å². The molecule has 22 heavy (non-hydrogen) atoms. The maximum absolute atomic E-state index is 12.3. The molecule has 110 valence electrons. The van der Waals surface area contributed by atoms with Crippen LogP contribution in [-0.4, -0.2) is 20.9 Å². The molecule has 1 aromatic heterocycles. The molecule has 2 aromatic carbocycles. The number of carbonyl (C=O) groups excluding carboxylic acids is 1. The molecule has 1 heterocycles. The number of rotatable bonds is 4. The lowest BCUT2D eigenvalue weighted by molar-refractivity contribution is 0.102. The van der Waals surface area contributed by atoms with Crippen LogP contribution in [0.3, 0.4) is 0 Å². The van der Waals surface area contributed by atoms with Crippen LogP contribution in [0.15, 0.2) is 60.8 Å². The Bertz CT molecular complexity index is 780. The van der Waals surface area contributed by atoms with E-state index in [0.717, 1.165) is 23.4 Å². The van der Waals surface area contributed by atoms with E-state index in [0.29, 0.717) is 0 Å². The summed E-state index contributed by atoms with van der Waals surface area (Å²) >= 11 is 0. The second kappa shape index (κ2) is 6.22. The number of carbonyl (C=O) groups is 1. The number of nitrogens with zero attached hydrogens (tertiary/aromatic N) is 3. The van der Waals surface area contributed by atoms with Gasteiger partial charge in [0.05, 0.1) is 11.9 Å². The Balaban J connectivity index is 1.80. The summed E-state index contributed by atoms with van der Waals surface area (Å²) in [6.07, 6.45) is 2.32. The van der Waals surface area contributed by atoms with Gasteiger partial charge in [0.25, 0.3) is 5.91 Å². The van der Waals surface area contributed by atoms with Gasteiger partial charge >= 0.3 is 0 Å². The quantitative estimate of drug-likeness (QED) is 0.804. The van der Waals surface area contributed by atoms with Crippen molar-refractivity contribution in [3.63, 3.8) is 0 Å². The van der Waals surface area contributed by atoms with E-state index >= 15 is 0 Å². The van der Waals surface area contributed by atoms with Crippen LogP contribution in [0.5, 0.6) is 0 Å². The SMILES string of the molecule is CCc1ccccc1NC(=O)c1cnn(-c2ccccc2)n1.